The summed E-state index contributed by atoms with van der Waals surface area (Å²) < 4.78 is 179. The number of hydrogen-bond acceptors (Lipinski definition) is 4. The van der Waals surface area contributed by atoms with Crippen LogP contribution >= 0.6 is 0 Å². The third-order valence-electron chi connectivity index (χ3n) is 6.55. The van der Waals surface area contributed by atoms with Crippen molar-refractivity contribution in [1.82, 2.24) is 20.4 Å². The molecule has 0 aliphatic carbocycles. The average molecular weight is 708 g/mol. The fraction of sp³-hybridized carbons (Fsp3) is 0.286. The Bertz CT molecular complexity index is 1590. The fourth-order valence-corrected chi connectivity index (χ4v) is 3.87. The van der Waals surface area contributed by atoms with E-state index in [4.69, 9.17) is 0 Å². The molecule has 0 unspecified atom stereocenters. The zero-order chi connectivity index (χ0) is 36.7. The molecular weight excluding hydrogens is 690 g/mol. The Balaban J connectivity index is 0.000000260. The number of aromatic amines is 2. The van der Waals surface area contributed by atoms with Crippen LogP contribution in [0, 0.1) is 13.8 Å². The molecule has 0 fully saturated rings. The molecule has 0 aliphatic heterocycles. The number of aryl methyl sites for hydroxylation is 2. The van der Waals surface area contributed by atoms with Gasteiger partial charge in [0.25, 0.3) is 0 Å². The van der Waals surface area contributed by atoms with Crippen LogP contribution in [0.4, 0.5) is 61.5 Å². The first-order chi connectivity index (χ1) is 21.8. The van der Waals surface area contributed by atoms with Gasteiger partial charge in [-0.2, -0.15) is 62.9 Å². The number of nitrogens with zero attached hydrogens (tertiary/aromatic N) is 2. The number of aromatic nitrogens is 4. The highest BCUT2D eigenvalue weighted by molar-refractivity contribution is 6.08. The van der Waals surface area contributed by atoms with Crippen molar-refractivity contribution in [3.05, 3.63) is 106 Å². The Morgan fingerprint density at radius 1 is 0.479 bits per heavy atom. The number of carbonyl (C=O) groups is 2. The van der Waals surface area contributed by atoms with Crippen molar-refractivity contribution in [3.63, 3.8) is 0 Å². The Kier molecular flexibility index (Phi) is 9.95. The van der Waals surface area contributed by atoms with Crippen molar-refractivity contribution >= 4 is 11.6 Å². The predicted octanol–water partition coefficient (Wildman–Crippen LogP) is 8.48. The fourth-order valence-electron chi connectivity index (χ4n) is 3.87. The molecule has 48 heavy (non-hydrogen) atoms. The van der Waals surface area contributed by atoms with Crippen molar-refractivity contribution in [2.75, 3.05) is 0 Å². The van der Waals surface area contributed by atoms with Crippen LogP contribution in [-0.4, -0.2) is 56.7 Å². The SMILES string of the molecule is Cc1ccc(C(=O)c2cc(C(F)(C(F)(F)F)C(F)(F)F)[nH]n2)cc1.Cc1ccc(C(=O)c2cc(C(F)(C(F)(F)F)C(F)(F)F)[nH]n2)cc1. The van der Waals surface area contributed by atoms with E-state index >= 15 is 0 Å². The summed E-state index contributed by atoms with van der Waals surface area (Å²) in [6.07, 6.45) is -25.1. The first-order valence-electron chi connectivity index (χ1n) is 12.7. The van der Waals surface area contributed by atoms with Gasteiger partial charge in [-0.15, -0.1) is 0 Å². The van der Waals surface area contributed by atoms with Gasteiger partial charge in [-0.3, -0.25) is 19.8 Å². The molecular formula is C28H18F14N4O2. The van der Waals surface area contributed by atoms with Crippen LogP contribution in [-0.2, 0) is 11.3 Å². The van der Waals surface area contributed by atoms with Gasteiger partial charge < -0.3 is 0 Å². The molecule has 0 radical (unpaired) electrons. The number of benzene rings is 2. The van der Waals surface area contributed by atoms with E-state index in [0.717, 1.165) is 11.1 Å². The van der Waals surface area contributed by atoms with Gasteiger partial charge in [0, 0.05) is 11.1 Å². The van der Waals surface area contributed by atoms with Crippen molar-refractivity contribution in [2.45, 2.75) is 49.9 Å². The van der Waals surface area contributed by atoms with Crippen LogP contribution in [0.25, 0.3) is 0 Å². The minimum Gasteiger partial charge on any atom is -0.287 e. The highest BCUT2D eigenvalue weighted by Gasteiger charge is 2.75. The first kappa shape index (κ1) is 37.7. The Morgan fingerprint density at radius 2 is 0.729 bits per heavy atom. The molecule has 2 heterocycles. The lowest BCUT2D eigenvalue weighted by Gasteiger charge is -2.28. The lowest BCUT2D eigenvalue weighted by molar-refractivity contribution is -0.350. The van der Waals surface area contributed by atoms with Crippen molar-refractivity contribution in [2.24, 2.45) is 0 Å². The molecule has 6 nitrogen and oxygen atoms in total. The lowest BCUT2D eigenvalue weighted by atomic mass is 9.99. The third-order valence-corrected chi connectivity index (χ3v) is 6.55. The average Bonchev–Trinajstić information content (AvgIpc) is 3.65. The van der Waals surface area contributed by atoms with E-state index in [1.54, 1.807) is 13.8 Å². The molecule has 260 valence electrons. The quantitative estimate of drug-likeness (QED) is 0.155. The first-order valence-corrected chi connectivity index (χ1v) is 12.7. The van der Waals surface area contributed by atoms with Crippen LogP contribution in [0.2, 0.25) is 0 Å². The molecule has 4 aromatic rings. The number of rotatable bonds is 6. The summed E-state index contributed by atoms with van der Waals surface area (Å²) in [5.41, 5.74) is -15.1. The summed E-state index contributed by atoms with van der Waals surface area (Å²) in [6.45, 7) is 3.43. The van der Waals surface area contributed by atoms with E-state index in [1.807, 2.05) is 0 Å². The molecule has 2 aromatic heterocycles. The number of alkyl halides is 14. The van der Waals surface area contributed by atoms with Crippen molar-refractivity contribution < 1.29 is 71.1 Å². The van der Waals surface area contributed by atoms with Crippen LogP contribution in [0.3, 0.4) is 0 Å². The minimum absolute atomic E-state index is 0.0119. The molecule has 2 aromatic carbocycles. The van der Waals surface area contributed by atoms with E-state index < -0.39 is 70.4 Å². The minimum atomic E-state index is -6.28. The second kappa shape index (κ2) is 12.7. The lowest BCUT2D eigenvalue weighted by Crippen LogP contribution is -2.50. The van der Waals surface area contributed by atoms with Gasteiger partial charge in [-0.1, -0.05) is 59.7 Å². The highest BCUT2D eigenvalue weighted by atomic mass is 19.4. The molecule has 0 aliphatic rings. The monoisotopic (exact) mass is 708 g/mol. The second-order valence-electron chi connectivity index (χ2n) is 10.0. The highest BCUT2D eigenvalue weighted by Crippen LogP contribution is 2.53. The van der Waals surface area contributed by atoms with Gasteiger partial charge in [-0.25, -0.2) is 8.78 Å². The number of halogens is 14. The molecule has 20 heteroatoms. The second-order valence-corrected chi connectivity index (χ2v) is 10.0. The zero-order valence-electron chi connectivity index (χ0n) is 23.8. The predicted molar refractivity (Wildman–Crippen MR) is 136 cm³/mol. The number of ketones is 2. The maximum Gasteiger partial charge on any atom is 0.437 e. The topological polar surface area (TPSA) is 91.5 Å². The van der Waals surface area contributed by atoms with Gasteiger partial charge in [0.15, 0.2) is 0 Å². The van der Waals surface area contributed by atoms with Crippen LogP contribution < -0.4 is 0 Å². The van der Waals surface area contributed by atoms with Gasteiger partial charge in [-0.05, 0) is 26.0 Å². The van der Waals surface area contributed by atoms with E-state index in [1.165, 1.54) is 58.7 Å². The van der Waals surface area contributed by atoms with Crippen LogP contribution in [0.1, 0.15) is 54.6 Å². The smallest absolute Gasteiger partial charge is 0.287 e. The molecule has 0 spiro atoms. The normalized spacial score (nSPS) is 13.2. The van der Waals surface area contributed by atoms with E-state index in [-0.39, 0.29) is 23.3 Å². The standard InChI is InChI=1S/2C14H9F7N2O/c2*1-7-2-4-8(5-3-7)11(24)9-6-10(23-22-9)12(15,13(16,17)18)14(19,20)21/h2*2-6H,1H3,(H,22,23). The summed E-state index contributed by atoms with van der Waals surface area (Å²) >= 11 is 0. The molecule has 0 bridgehead atoms. The van der Waals surface area contributed by atoms with Crippen LogP contribution in [0.15, 0.2) is 60.7 Å². The number of nitrogens with one attached hydrogen (secondary N) is 2. The van der Waals surface area contributed by atoms with E-state index in [0.29, 0.717) is 0 Å². The largest absolute Gasteiger partial charge is 0.437 e. The maximum absolute atomic E-state index is 13.8. The number of hydrogen-bond donors (Lipinski definition) is 2. The van der Waals surface area contributed by atoms with Crippen molar-refractivity contribution in [1.29, 1.82) is 0 Å². The molecule has 0 saturated heterocycles. The number of H-pyrrole nitrogens is 2. The van der Waals surface area contributed by atoms with Crippen molar-refractivity contribution in [3.8, 4) is 0 Å². The third kappa shape index (κ3) is 7.05. The van der Waals surface area contributed by atoms with Gasteiger partial charge in [0.05, 0.1) is 11.4 Å². The van der Waals surface area contributed by atoms with E-state index in [9.17, 15) is 71.1 Å². The molecule has 0 atom stereocenters. The summed E-state index contributed by atoms with van der Waals surface area (Å²) in [5, 5.41) is 8.86. The Hall–Kier alpha value is -4.78. The molecule has 2 N–H and O–H groups in total. The summed E-state index contributed by atoms with van der Waals surface area (Å²) in [6, 6.07) is 11.6. The Morgan fingerprint density at radius 3 is 0.958 bits per heavy atom. The van der Waals surface area contributed by atoms with Gasteiger partial charge in [0.1, 0.15) is 11.4 Å². The summed E-state index contributed by atoms with van der Waals surface area (Å²) in [5.74, 6) is -1.88. The molecule has 4 rings (SSSR count). The van der Waals surface area contributed by atoms with Gasteiger partial charge >= 0.3 is 36.0 Å². The zero-order valence-corrected chi connectivity index (χ0v) is 23.8. The maximum atomic E-state index is 13.8. The summed E-state index contributed by atoms with van der Waals surface area (Å²) in [4.78, 5) is 24.1. The molecule has 0 saturated carbocycles. The van der Waals surface area contributed by atoms with Gasteiger partial charge in [0.2, 0.25) is 11.6 Å². The molecule has 0 amide bonds. The number of carbonyl (C=O) groups excluding carboxylic acids is 2. The summed E-state index contributed by atoms with van der Waals surface area (Å²) in [7, 11) is 0. The van der Waals surface area contributed by atoms with Crippen LogP contribution in [0.5, 0.6) is 0 Å². The van der Waals surface area contributed by atoms with E-state index in [2.05, 4.69) is 10.2 Å². The Labute approximate surface area is 259 Å².